The van der Waals surface area contributed by atoms with Crippen molar-refractivity contribution in [2.24, 2.45) is 0 Å². The van der Waals surface area contributed by atoms with E-state index in [1.807, 2.05) is 32.0 Å². The lowest BCUT2D eigenvalue weighted by Gasteiger charge is -2.17. The number of benzene rings is 1. The Kier molecular flexibility index (Phi) is 9.04. The van der Waals surface area contributed by atoms with E-state index in [4.69, 9.17) is 0 Å². The Morgan fingerprint density at radius 3 is 2.58 bits per heavy atom. The molecule has 1 aromatic rings. The molecule has 0 saturated heterocycles. The Morgan fingerprint density at radius 2 is 1.92 bits per heavy atom. The summed E-state index contributed by atoms with van der Waals surface area (Å²) < 4.78 is 0. The summed E-state index contributed by atoms with van der Waals surface area (Å²) in [6.07, 6.45) is 4.11. The van der Waals surface area contributed by atoms with Gasteiger partial charge in [-0.3, -0.25) is 4.79 Å². The summed E-state index contributed by atoms with van der Waals surface area (Å²) in [6.45, 7) is 5.52. The van der Waals surface area contributed by atoms with Gasteiger partial charge in [-0.05, 0) is 56.7 Å². The average molecular weight is 336 g/mol. The molecule has 134 valence electrons. The van der Waals surface area contributed by atoms with E-state index < -0.39 is 12.0 Å². The molecule has 0 heterocycles. The van der Waals surface area contributed by atoms with Crippen LogP contribution in [0.2, 0.25) is 0 Å². The smallest absolute Gasteiger partial charge is 0.230 e. The van der Waals surface area contributed by atoms with E-state index in [0.717, 1.165) is 49.0 Å². The summed E-state index contributed by atoms with van der Waals surface area (Å²) in [6, 6.07) is 4.81. The minimum Gasteiger partial charge on any atom is -0.544 e. The van der Waals surface area contributed by atoms with Crippen LogP contribution in [0, 0.1) is 13.8 Å². The minimum absolute atomic E-state index is 0.0887. The third-order valence-corrected chi connectivity index (χ3v) is 4.24. The molecule has 24 heavy (non-hydrogen) atoms. The summed E-state index contributed by atoms with van der Waals surface area (Å²) in [7, 11) is 0. The van der Waals surface area contributed by atoms with Crippen LogP contribution in [0.4, 0.5) is 5.69 Å². The lowest BCUT2D eigenvalue weighted by atomic mass is 10.1. The van der Waals surface area contributed by atoms with Gasteiger partial charge < -0.3 is 26.3 Å². The number of aryl methyl sites for hydroxylation is 1. The molecule has 0 radical (unpaired) electrons. The number of carboxylic acids is 1. The highest BCUT2D eigenvalue weighted by atomic mass is 16.4. The van der Waals surface area contributed by atoms with Gasteiger partial charge in [-0.15, -0.1) is 0 Å². The Labute approximate surface area is 143 Å². The first-order chi connectivity index (χ1) is 11.5. The maximum atomic E-state index is 12.1. The molecule has 1 rings (SSSR count). The molecular formula is C18H30N3O3+. The highest BCUT2D eigenvalue weighted by molar-refractivity contribution is 5.94. The van der Waals surface area contributed by atoms with Crippen LogP contribution < -0.4 is 21.5 Å². The van der Waals surface area contributed by atoms with Gasteiger partial charge in [-0.1, -0.05) is 12.1 Å². The number of hydrogen-bond donors (Lipinski definition) is 3. The number of carboxylic acid groups (broad SMARTS) is 1. The molecule has 0 fully saturated rings. The molecule has 0 aromatic heterocycles. The second-order valence-corrected chi connectivity index (χ2v) is 6.22. The van der Waals surface area contributed by atoms with Crippen LogP contribution in [0.25, 0.3) is 0 Å². The fraction of sp³-hybridized carbons (Fsp3) is 0.556. The van der Waals surface area contributed by atoms with Crippen LogP contribution >= 0.6 is 0 Å². The summed E-state index contributed by atoms with van der Waals surface area (Å²) in [4.78, 5) is 23.4. The highest BCUT2D eigenvalue weighted by Crippen LogP contribution is 2.18. The second-order valence-electron chi connectivity index (χ2n) is 6.22. The standard InChI is InChI=1S/C18H29N3O3/c1-13-8-7-9-15(14(13)2)21-17(22)12-16(18(23)24)20-11-6-4-3-5-10-19/h7-9,16,20H,3-6,10-12,19H2,1-2H3,(H,21,22)(H,23,24)/p+1/t16-/m1/s1. The molecule has 1 atom stereocenters. The SMILES string of the molecule is Cc1cccc(NC(=O)C[C@@H]([NH2+]CCCCCC[NH3+])C(=O)[O-])c1C. The monoisotopic (exact) mass is 336 g/mol. The predicted octanol–water partition coefficient (Wildman–Crippen LogP) is -0.884. The van der Waals surface area contributed by atoms with Gasteiger partial charge in [-0.25, -0.2) is 0 Å². The van der Waals surface area contributed by atoms with E-state index in [-0.39, 0.29) is 12.3 Å². The number of carbonyl (C=O) groups excluding carboxylic acids is 2. The number of unbranched alkanes of at least 4 members (excludes halogenated alkanes) is 3. The third-order valence-electron chi connectivity index (χ3n) is 4.24. The first-order valence-corrected chi connectivity index (χ1v) is 8.65. The minimum atomic E-state index is -1.19. The second kappa shape index (κ2) is 10.8. The zero-order valence-electron chi connectivity index (χ0n) is 14.8. The zero-order valence-corrected chi connectivity index (χ0v) is 14.8. The fourth-order valence-electron chi connectivity index (χ4n) is 2.54. The molecule has 0 aliphatic rings. The first-order valence-electron chi connectivity index (χ1n) is 8.65. The molecule has 0 bridgehead atoms. The Morgan fingerprint density at radius 1 is 1.21 bits per heavy atom. The third kappa shape index (κ3) is 7.10. The fourth-order valence-corrected chi connectivity index (χ4v) is 2.54. The van der Waals surface area contributed by atoms with E-state index in [2.05, 4.69) is 11.1 Å². The van der Waals surface area contributed by atoms with Crippen LogP contribution in [0.1, 0.15) is 43.2 Å². The lowest BCUT2D eigenvalue weighted by Crippen LogP contribution is -2.93. The van der Waals surface area contributed by atoms with E-state index in [9.17, 15) is 14.7 Å². The number of amides is 1. The number of nitrogens with two attached hydrogens (primary N) is 1. The van der Waals surface area contributed by atoms with Crippen LogP contribution in [0.15, 0.2) is 18.2 Å². The lowest BCUT2D eigenvalue weighted by molar-refractivity contribution is -0.682. The molecule has 1 amide bonds. The van der Waals surface area contributed by atoms with Crippen molar-refractivity contribution in [3.05, 3.63) is 29.3 Å². The van der Waals surface area contributed by atoms with E-state index in [1.165, 1.54) is 0 Å². The first kappa shape index (κ1) is 20.1. The van der Waals surface area contributed by atoms with Gasteiger partial charge in [0.25, 0.3) is 0 Å². The number of nitrogens with one attached hydrogen (secondary N) is 1. The average Bonchev–Trinajstić information content (AvgIpc) is 2.53. The van der Waals surface area contributed by atoms with Gasteiger partial charge in [-0.2, -0.15) is 0 Å². The Balaban J connectivity index is 2.45. The van der Waals surface area contributed by atoms with Crippen molar-refractivity contribution >= 4 is 17.6 Å². The van der Waals surface area contributed by atoms with Crippen molar-refractivity contribution in [1.29, 1.82) is 0 Å². The number of hydrogen-bond acceptors (Lipinski definition) is 3. The molecule has 0 saturated carbocycles. The van der Waals surface area contributed by atoms with Crippen molar-refractivity contribution < 1.29 is 25.7 Å². The largest absolute Gasteiger partial charge is 0.544 e. The summed E-state index contributed by atoms with van der Waals surface area (Å²) in [5.74, 6) is -1.49. The number of anilines is 1. The molecular weight excluding hydrogens is 306 g/mol. The quantitative estimate of drug-likeness (QED) is 0.456. The molecule has 0 spiro atoms. The van der Waals surface area contributed by atoms with Gasteiger partial charge >= 0.3 is 0 Å². The maximum Gasteiger partial charge on any atom is 0.230 e. The molecule has 6 heteroatoms. The molecule has 0 unspecified atom stereocenters. The number of carbonyl (C=O) groups is 2. The van der Waals surface area contributed by atoms with Gasteiger partial charge in [0, 0.05) is 5.69 Å². The van der Waals surface area contributed by atoms with Gasteiger partial charge in [0.1, 0.15) is 6.04 Å². The van der Waals surface area contributed by atoms with Crippen molar-refractivity contribution in [2.75, 3.05) is 18.4 Å². The predicted molar refractivity (Wildman–Crippen MR) is 91.0 cm³/mol. The highest BCUT2D eigenvalue weighted by Gasteiger charge is 2.18. The normalized spacial score (nSPS) is 12.0. The molecule has 1 aromatic carbocycles. The van der Waals surface area contributed by atoms with Crippen LogP contribution in [-0.4, -0.2) is 31.0 Å². The summed E-state index contributed by atoms with van der Waals surface area (Å²) in [5, 5.41) is 15.7. The topological polar surface area (TPSA) is 113 Å². The van der Waals surface area contributed by atoms with Crippen molar-refractivity contribution in [1.82, 2.24) is 0 Å². The summed E-state index contributed by atoms with van der Waals surface area (Å²) in [5.41, 5.74) is 6.59. The van der Waals surface area contributed by atoms with E-state index in [0.29, 0.717) is 6.54 Å². The molecule has 6 nitrogen and oxygen atoms in total. The van der Waals surface area contributed by atoms with Crippen molar-refractivity contribution in [3.8, 4) is 0 Å². The van der Waals surface area contributed by atoms with E-state index in [1.54, 1.807) is 5.32 Å². The van der Waals surface area contributed by atoms with Crippen molar-refractivity contribution in [2.45, 2.75) is 52.0 Å². The number of aliphatic carboxylic acids is 1. The van der Waals surface area contributed by atoms with Gasteiger partial charge in [0.15, 0.2) is 0 Å². The number of rotatable bonds is 11. The van der Waals surface area contributed by atoms with Crippen LogP contribution in [0.3, 0.4) is 0 Å². The Bertz CT molecular complexity index is 546. The molecule has 6 N–H and O–H groups in total. The van der Waals surface area contributed by atoms with E-state index >= 15 is 0 Å². The maximum absolute atomic E-state index is 12.1. The molecule has 0 aliphatic carbocycles. The van der Waals surface area contributed by atoms with Crippen LogP contribution in [-0.2, 0) is 9.59 Å². The summed E-state index contributed by atoms with van der Waals surface area (Å²) >= 11 is 0. The van der Waals surface area contributed by atoms with Crippen molar-refractivity contribution in [3.63, 3.8) is 0 Å². The molecule has 0 aliphatic heterocycles. The van der Waals surface area contributed by atoms with Gasteiger partial charge in [0.05, 0.1) is 25.5 Å². The van der Waals surface area contributed by atoms with Gasteiger partial charge in [0.2, 0.25) is 5.91 Å². The number of quaternary nitrogens is 2. The van der Waals surface area contributed by atoms with Crippen LogP contribution in [0.5, 0.6) is 0 Å². The Hall–Kier alpha value is -1.92. The zero-order chi connectivity index (χ0) is 17.9.